The third kappa shape index (κ3) is 1.01. The van der Waals surface area contributed by atoms with Gasteiger partial charge >= 0.3 is 0 Å². The molecule has 1 saturated heterocycles. The highest BCUT2D eigenvalue weighted by atomic mass is 15.0. The number of hydrogen-bond donors (Lipinski definition) is 1. The number of piperidine rings is 1. The number of nitrogens with one attached hydrogen (secondary N) is 1. The van der Waals surface area contributed by atoms with E-state index in [1.165, 1.54) is 19.3 Å². The minimum Gasteiger partial charge on any atom is -0.311 e. The van der Waals surface area contributed by atoms with Crippen molar-refractivity contribution in [2.75, 3.05) is 0 Å². The van der Waals surface area contributed by atoms with Crippen molar-refractivity contribution in [3.63, 3.8) is 0 Å². The van der Waals surface area contributed by atoms with Crippen molar-refractivity contribution in [3.8, 4) is 0 Å². The van der Waals surface area contributed by atoms with Gasteiger partial charge in [0, 0.05) is 12.1 Å². The largest absolute Gasteiger partial charge is 0.311 e. The van der Waals surface area contributed by atoms with Gasteiger partial charge in [-0.1, -0.05) is 13.8 Å². The van der Waals surface area contributed by atoms with Crippen molar-refractivity contribution in [3.05, 3.63) is 0 Å². The van der Waals surface area contributed by atoms with Crippen LogP contribution < -0.4 is 5.32 Å². The molecule has 1 N–H and O–H groups in total. The minimum absolute atomic E-state index is 0.535. The van der Waals surface area contributed by atoms with Gasteiger partial charge in [-0.2, -0.15) is 0 Å². The second-order valence-electron chi connectivity index (χ2n) is 4.92. The van der Waals surface area contributed by atoms with Crippen molar-refractivity contribution < 1.29 is 0 Å². The molecule has 64 valence electrons. The van der Waals surface area contributed by atoms with E-state index in [1.54, 1.807) is 0 Å². The Hall–Kier alpha value is -0.0400. The highest BCUT2D eigenvalue weighted by molar-refractivity contribution is 4.99. The van der Waals surface area contributed by atoms with Crippen LogP contribution in [0.1, 0.15) is 40.0 Å². The topological polar surface area (TPSA) is 12.0 Å². The van der Waals surface area contributed by atoms with Gasteiger partial charge in [0.15, 0.2) is 0 Å². The average Bonchev–Trinajstić information content (AvgIpc) is 2.31. The fourth-order valence-electron chi connectivity index (χ4n) is 2.73. The van der Waals surface area contributed by atoms with Crippen LogP contribution in [-0.4, -0.2) is 12.1 Å². The Kier molecular flexibility index (Phi) is 1.54. The lowest BCUT2D eigenvalue weighted by molar-refractivity contribution is 0.116. The molecule has 1 aliphatic carbocycles. The van der Waals surface area contributed by atoms with E-state index in [-0.39, 0.29) is 0 Å². The lowest BCUT2D eigenvalue weighted by Gasteiger charge is -2.42. The molecule has 1 heteroatoms. The third-order valence-corrected chi connectivity index (χ3v) is 4.09. The SMILES string of the molecule is CC1NC2CCC(C2)C1(C)C. The van der Waals surface area contributed by atoms with Crippen LogP contribution in [0.3, 0.4) is 0 Å². The summed E-state index contributed by atoms with van der Waals surface area (Å²) in [5.41, 5.74) is 0.535. The highest BCUT2D eigenvalue weighted by Gasteiger charge is 2.44. The van der Waals surface area contributed by atoms with Crippen LogP contribution in [0.5, 0.6) is 0 Å². The van der Waals surface area contributed by atoms with Gasteiger partial charge in [-0.15, -0.1) is 0 Å². The second-order valence-corrected chi connectivity index (χ2v) is 4.92. The summed E-state index contributed by atoms with van der Waals surface area (Å²) in [5.74, 6) is 0.990. The fourth-order valence-corrected chi connectivity index (χ4v) is 2.73. The molecule has 0 aromatic rings. The Morgan fingerprint density at radius 1 is 1.27 bits per heavy atom. The van der Waals surface area contributed by atoms with Crippen LogP contribution in [0, 0.1) is 11.3 Å². The molecule has 2 bridgehead atoms. The maximum Gasteiger partial charge on any atom is 0.00951 e. The van der Waals surface area contributed by atoms with Gasteiger partial charge in [-0.25, -0.2) is 0 Å². The Morgan fingerprint density at radius 2 is 2.00 bits per heavy atom. The predicted octanol–water partition coefficient (Wildman–Crippen LogP) is 2.17. The van der Waals surface area contributed by atoms with Crippen molar-refractivity contribution in [2.45, 2.75) is 52.1 Å². The molecule has 1 aliphatic heterocycles. The molecule has 2 aliphatic rings. The van der Waals surface area contributed by atoms with E-state index in [0.717, 1.165) is 12.0 Å². The Morgan fingerprint density at radius 3 is 2.73 bits per heavy atom. The molecule has 0 aromatic heterocycles. The maximum absolute atomic E-state index is 3.70. The van der Waals surface area contributed by atoms with Crippen LogP contribution in [0.4, 0.5) is 0 Å². The number of rotatable bonds is 0. The summed E-state index contributed by atoms with van der Waals surface area (Å²) in [5, 5.41) is 3.70. The molecule has 3 unspecified atom stereocenters. The molecular formula is C10H19N. The Balaban J connectivity index is 2.20. The van der Waals surface area contributed by atoms with Gasteiger partial charge in [0.2, 0.25) is 0 Å². The summed E-state index contributed by atoms with van der Waals surface area (Å²) in [7, 11) is 0. The Labute approximate surface area is 69.6 Å². The first-order valence-corrected chi connectivity index (χ1v) is 4.87. The molecule has 11 heavy (non-hydrogen) atoms. The summed E-state index contributed by atoms with van der Waals surface area (Å²) in [6.07, 6.45) is 4.30. The zero-order valence-corrected chi connectivity index (χ0v) is 7.85. The van der Waals surface area contributed by atoms with Gasteiger partial charge in [0.25, 0.3) is 0 Å². The van der Waals surface area contributed by atoms with E-state index in [4.69, 9.17) is 0 Å². The third-order valence-electron chi connectivity index (χ3n) is 4.09. The molecule has 0 amide bonds. The molecule has 1 nitrogen and oxygen atoms in total. The standard InChI is InChI=1S/C10H19N/c1-7-10(2,3)8-4-5-9(6-8)11-7/h7-9,11H,4-6H2,1-3H3. The molecule has 1 saturated carbocycles. The number of fused-ring (bicyclic) bond motifs is 2. The molecule has 3 atom stereocenters. The highest BCUT2D eigenvalue weighted by Crippen LogP contribution is 2.45. The fraction of sp³-hybridized carbons (Fsp3) is 1.00. The minimum atomic E-state index is 0.535. The first-order chi connectivity index (χ1) is 5.10. The van der Waals surface area contributed by atoms with E-state index in [1.807, 2.05) is 0 Å². The van der Waals surface area contributed by atoms with E-state index >= 15 is 0 Å². The van der Waals surface area contributed by atoms with Gasteiger partial charge < -0.3 is 5.32 Å². The van der Waals surface area contributed by atoms with E-state index in [2.05, 4.69) is 26.1 Å². The quantitative estimate of drug-likeness (QED) is 0.562. The zero-order chi connectivity index (χ0) is 8.06. The predicted molar refractivity (Wildman–Crippen MR) is 47.5 cm³/mol. The summed E-state index contributed by atoms with van der Waals surface area (Å²) in [6.45, 7) is 7.16. The van der Waals surface area contributed by atoms with E-state index < -0.39 is 0 Å². The van der Waals surface area contributed by atoms with Crippen LogP contribution >= 0.6 is 0 Å². The van der Waals surface area contributed by atoms with Crippen molar-refractivity contribution in [1.82, 2.24) is 5.32 Å². The van der Waals surface area contributed by atoms with Crippen LogP contribution in [0.25, 0.3) is 0 Å². The van der Waals surface area contributed by atoms with Crippen LogP contribution in [0.2, 0.25) is 0 Å². The molecule has 0 aromatic carbocycles. The summed E-state index contributed by atoms with van der Waals surface area (Å²) >= 11 is 0. The average molecular weight is 153 g/mol. The summed E-state index contributed by atoms with van der Waals surface area (Å²) < 4.78 is 0. The van der Waals surface area contributed by atoms with E-state index in [9.17, 15) is 0 Å². The number of hydrogen-bond acceptors (Lipinski definition) is 1. The van der Waals surface area contributed by atoms with Gasteiger partial charge in [-0.3, -0.25) is 0 Å². The van der Waals surface area contributed by atoms with Gasteiger partial charge in [0.1, 0.15) is 0 Å². The van der Waals surface area contributed by atoms with Crippen LogP contribution in [0.15, 0.2) is 0 Å². The second kappa shape index (κ2) is 2.22. The van der Waals surface area contributed by atoms with Gasteiger partial charge in [-0.05, 0) is 37.5 Å². The lowest BCUT2D eigenvalue weighted by atomic mass is 9.71. The first kappa shape index (κ1) is 7.60. The van der Waals surface area contributed by atoms with Crippen molar-refractivity contribution in [1.29, 1.82) is 0 Å². The molecule has 1 heterocycles. The van der Waals surface area contributed by atoms with Crippen molar-refractivity contribution >= 4 is 0 Å². The Bertz CT molecular complexity index is 162. The summed E-state index contributed by atoms with van der Waals surface area (Å²) in [4.78, 5) is 0. The monoisotopic (exact) mass is 153 g/mol. The maximum atomic E-state index is 3.70. The van der Waals surface area contributed by atoms with Gasteiger partial charge in [0.05, 0.1) is 0 Å². The summed E-state index contributed by atoms with van der Waals surface area (Å²) in [6, 6.07) is 1.57. The molecule has 2 rings (SSSR count). The zero-order valence-electron chi connectivity index (χ0n) is 7.85. The lowest BCUT2D eigenvalue weighted by Crippen LogP contribution is -2.50. The normalized spacial score (nSPS) is 47.7. The molecule has 2 fully saturated rings. The smallest absolute Gasteiger partial charge is 0.00951 e. The van der Waals surface area contributed by atoms with Crippen molar-refractivity contribution in [2.24, 2.45) is 11.3 Å². The molecular weight excluding hydrogens is 134 g/mol. The van der Waals surface area contributed by atoms with Crippen LogP contribution in [-0.2, 0) is 0 Å². The van der Waals surface area contributed by atoms with E-state index in [0.29, 0.717) is 11.5 Å². The molecule has 0 spiro atoms. The molecule has 0 radical (unpaired) electrons. The first-order valence-electron chi connectivity index (χ1n) is 4.87.